The van der Waals surface area contributed by atoms with Crippen LogP contribution in [0.3, 0.4) is 0 Å². The summed E-state index contributed by atoms with van der Waals surface area (Å²) in [5.41, 5.74) is 5.07. The third-order valence-corrected chi connectivity index (χ3v) is 7.14. The van der Waals surface area contributed by atoms with Crippen molar-refractivity contribution in [3.63, 3.8) is 0 Å². The third kappa shape index (κ3) is 4.31. The smallest absolute Gasteiger partial charge is 0.344 e. The van der Waals surface area contributed by atoms with Gasteiger partial charge in [0.25, 0.3) is 0 Å². The van der Waals surface area contributed by atoms with Crippen LogP contribution in [0.2, 0.25) is 0 Å². The molecule has 8 heteroatoms. The number of anilines is 1. The summed E-state index contributed by atoms with van der Waals surface area (Å²) >= 11 is 0. The molecule has 1 aromatic carbocycles. The summed E-state index contributed by atoms with van der Waals surface area (Å²) < 4.78 is 21.8. The number of benzene rings is 1. The number of methoxy groups -OCH3 is 2. The lowest BCUT2D eigenvalue weighted by molar-refractivity contribution is -0.145. The van der Waals surface area contributed by atoms with Crippen molar-refractivity contribution in [2.75, 3.05) is 19.5 Å². The molecular formula is C31H29NO7. The predicted octanol–water partition coefficient (Wildman–Crippen LogP) is 5.78. The molecule has 5 rings (SSSR count). The van der Waals surface area contributed by atoms with Gasteiger partial charge in [0.15, 0.2) is 5.75 Å². The van der Waals surface area contributed by atoms with E-state index in [0.717, 1.165) is 22.3 Å². The molecular weight excluding hydrogens is 498 g/mol. The Labute approximate surface area is 225 Å². The fourth-order valence-corrected chi connectivity index (χ4v) is 5.11. The van der Waals surface area contributed by atoms with Crippen LogP contribution < -0.4 is 15.7 Å². The topological polar surface area (TPSA) is 104 Å². The molecule has 0 fully saturated rings. The average Bonchev–Trinajstić information content (AvgIpc) is 3.10. The minimum absolute atomic E-state index is 0.0256. The van der Waals surface area contributed by atoms with E-state index in [2.05, 4.69) is 37.4 Å². The molecule has 39 heavy (non-hydrogen) atoms. The fourth-order valence-electron chi connectivity index (χ4n) is 5.11. The minimum atomic E-state index is -1.43. The van der Waals surface area contributed by atoms with Gasteiger partial charge in [-0.25, -0.2) is 9.59 Å². The molecule has 1 unspecified atom stereocenters. The minimum Gasteiger partial charge on any atom is -0.468 e. The molecule has 0 saturated carbocycles. The summed E-state index contributed by atoms with van der Waals surface area (Å²) in [6.07, 6.45) is 0. The third-order valence-electron chi connectivity index (χ3n) is 7.14. The van der Waals surface area contributed by atoms with Crippen LogP contribution in [0.15, 0.2) is 69.2 Å². The Balaban J connectivity index is 1.76. The van der Waals surface area contributed by atoms with Gasteiger partial charge in [-0.1, -0.05) is 44.2 Å². The summed E-state index contributed by atoms with van der Waals surface area (Å²) in [7, 11) is 2.38. The van der Waals surface area contributed by atoms with Gasteiger partial charge in [-0.2, -0.15) is 0 Å². The average molecular weight is 528 g/mol. The zero-order valence-electron chi connectivity index (χ0n) is 22.6. The van der Waals surface area contributed by atoms with E-state index in [1.165, 1.54) is 19.8 Å². The number of ether oxygens (including phenoxy) is 3. The van der Waals surface area contributed by atoms with E-state index in [0.29, 0.717) is 17.0 Å². The first kappa shape index (κ1) is 26.0. The Kier molecular flexibility index (Phi) is 6.64. The highest BCUT2D eigenvalue weighted by Gasteiger charge is 2.44. The quantitative estimate of drug-likeness (QED) is 0.257. The summed E-state index contributed by atoms with van der Waals surface area (Å²) in [4.78, 5) is 39.4. The van der Waals surface area contributed by atoms with Crippen LogP contribution in [0.1, 0.15) is 47.9 Å². The second-order valence-corrected chi connectivity index (χ2v) is 9.89. The molecule has 0 spiro atoms. The van der Waals surface area contributed by atoms with Gasteiger partial charge in [0.05, 0.1) is 19.6 Å². The number of carbonyl (C=O) groups is 2. The van der Waals surface area contributed by atoms with Crippen molar-refractivity contribution in [2.45, 2.75) is 39.5 Å². The maximum Gasteiger partial charge on any atom is 0.344 e. The van der Waals surface area contributed by atoms with Crippen LogP contribution in [0.5, 0.6) is 5.75 Å². The maximum absolute atomic E-state index is 13.1. The molecule has 200 valence electrons. The molecule has 0 amide bonds. The van der Waals surface area contributed by atoms with E-state index in [-0.39, 0.29) is 28.4 Å². The normalized spacial score (nSPS) is 14.8. The lowest BCUT2D eigenvalue weighted by Gasteiger charge is -2.28. The Morgan fingerprint density at radius 3 is 2.41 bits per heavy atom. The van der Waals surface area contributed by atoms with Gasteiger partial charge in [-0.15, -0.1) is 0 Å². The van der Waals surface area contributed by atoms with Gasteiger partial charge in [0.2, 0.25) is 5.88 Å². The van der Waals surface area contributed by atoms with E-state index < -0.39 is 23.5 Å². The number of hydrogen-bond acceptors (Lipinski definition) is 8. The molecule has 3 aliphatic rings. The molecule has 2 aromatic rings. The van der Waals surface area contributed by atoms with Crippen LogP contribution in [0, 0.1) is 13.8 Å². The van der Waals surface area contributed by atoms with Gasteiger partial charge < -0.3 is 23.9 Å². The first-order chi connectivity index (χ1) is 18.7. The first-order valence-corrected chi connectivity index (χ1v) is 12.6. The molecule has 1 N–H and O–H groups in total. The lowest BCUT2D eigenvalue weighted by atomic mass is 9.88. The summed E-state index contributed by atoms with van der Waals surface area (Å²) in [6.45, 7) is 8.31. The fraction of sp³-hybridized carbons (Fsp3) is 0.258. The zero-order chi connectivity index (χ0) is 28.0. The Morgan fingerprint density at radius 1 is 0.974 bits per heavy atom. The van der Waals surface area contributed by atoms with Crippen LogP contribution in [0.25, 0.3) is 22.1 Å². The van der Waals surface area contributed by atoms with Gasteiger partial charge in [-0.3, -0.25) is 4.79 Å². The van der Waals surface area contributed by atoms with E-state index in [1.807, 2.05) is 19.9 Å². The number of rotatable bonds is 5. The second-order valence-electron chi connectivity index (χ2n) is 9.89. The predicted molar refractivity (Wildman–Crippen MR) is 147 cm³/mol. The number of para-hydroxylation sites is 1. The van der Waals surface area contributed by atoms with Crippen molar-refractivity contribution in [1.82, 2.24) is 0 Å². The lowest BCUT2D eigenvalue weighted by Crippen LogP contribution is -2.34. The first-order valence-electron chi connectivity index (χ1n) is 12.6. The summed E-state index contributed by atoms with van der Waals surface area (Å²) in [6, 6.07) is 15.1. The molecule has 1 aromatic heterocycles. The molecule has 2 heterocycles. The molecule has 0 bridgehead atoms. The van der Waals surface area contributed by atoms with Crippen LogP contribution in [0.4, 0.5) is 5.69 Å². The number of nitrogens with one attached hydrogen (secondary N) is 1. The van der Waals surface area contributed by atoms with E-state index in [4.69, 9.17) is 18.6 Å². The Hall–Kier alpha value is -4.59. The summed E-state index contributed by atoms with van der Waals surface area (Å²) in [5.74, 6) is -2.68. The largest absolute Gasteiger partial charge is 0.468 e. The van der Waals surface area contributed by atoms with Crippen LogP contribution in [-0.4, -0.2) is 26.2 Å². The summed E-state index contributed by atoms with van der Waals surface area (Å²) in [5, 5.41) is 3.73. The van der Waals surface area contributed by atoms with Gasteiger partial charge >= 0.3 is 17.6 Å². The van der Waals surface area contributed by atoms with Gasteiger partial charge in [0, 0.05) is 11.3 Å². The highest BCUT2D eigenvalue weighted by atomic mass is 16.5. The molecule has 0 radical (unpaired) electrons. The monoisotopic (exact) mass is 527 g/mol. The zero-order valence-corrected chi connectivity index (χ0v) is 22.6. The molecule has 1 aliphatic heterocycles. The maximum atomic E-state index is 13.1. The molecule has 8 nitrogen and oxygen atoms in total. The number of carbonyl (C=O) groups excluding carboxylic acids is 2. The molecule has 2 aliphatic carbocycles. The van der Waals surface area contributed by atoms with Crippen molar-refractivity contribution in [3.05, 3.63) is 92.7 Å². The van der Waals surface area contributed by atoms with Crippen molar-refractivity contribution < 1.29 is 28.2 Å². The Bertz CT molecular complexity index is 1700. The number of fused-ring (bicyclic) bond motifs is 4. The highest BCUT2D eigenvalue weighted by molar-refractivity contribution is 6.02. The van der Waals surface area contributed by atoms with Crippen molar-refractivity contribution in [2.24, 2.45) is 0 Å². The van der Waals surface area contributed by atoms with E-state index in [9.17, 15) is 14.4 Å². The number of esters is 2. The number of hydrogen-bond donors (Lipinski definition) is 1. The van der Waals surface area contributed by atoms with E-state index in [1.54, 1.807) is 24.3 Å². The van der Waals surface area contributed by atoms with E-state index >= 15 is 0 Å². The second kappa shape index (κ2) is 9.94. The number of aryl methyl sites for hydroxylation is 2. The standard InChI is InChI=1S/C31H29NO7/c1-15(2)18-12-11-16(3)23-20(14-18)17(4)13-21(23)32-28-26(30(34)37-6)24(29(33)36-5)25-27(39-28)19-9-7-8-10-22(19)38-31(25)35/h7-15,24,32H,1-6H3. The molecule has 0 saturated heterocycles. The molecule has 1 atom stereocenters. The highest BCUT2D eigenvalue weighted by Crippen LogP contribution is 2.45. The van der Waals surface area contributed by atoms with Gasteiger partial charge in [0.1, 0.15) is 22.6 Å². The van der Waals surface area contributed by atoms with Crippen molar-refractivity contribution in [3.8, 4) is 16.9 Å². The SMILES string of the molecule is COC(=O)C1=C(Nc2cc(C)c3cc(C(C)C)ccc(C)c2-3)Oc2c(c(=O)oc3ccccc23)C1C(=O)OC. The Morgan fingerprint density at radius 2 is 1.72 bits per heavy atom. The van der Waals surface area contributed by atoms with Crippen molar-refractivity contribution >= 4 is 28.6 Å². The van der Waals surface area contributed by atoms with Gasteiger partial charge in [-0.05, 0) is 60.2 Å². The van der Waals surface area contributed by atoms with Crippen LogP contribution >= 0.6 is 0 Å². The van der Waals surface area contributed by atoms with Crippen molar-refractivity contribution in [1.29, 1.82) is 0 Å². The van der Waals surface area contributed by atoms with Crippen LogP contribution in [-0.2, 0) is 19.1 Å².